The summed E-state index contributed by atoms with van der Waals surface area (Å²) in [5, 5.41) is 3.30. The van der Waals surface area contributed by atoms with Crippen LogP contribution in [0.3, 0.4) is 0 Å². The first-order valence-corrected chi connectivity index (χ1v) is 6.90. The Morgan fingerprint density at radius 3 is 2.39 bits per heavy atom. The number of halogens is 3. The van der Waals surface area contributed by atoms with Gasteiger partial charge in [0.1, 0.15) is 0 Å². The smallest absolute Gasteiger partial charge is 0.316 e. The van der Waals surface area contributed by atoms with Gasteiger partial charge in [0.05, 0.1) is 6.54 Å². The molecule has 1 aliphatic rings. The summed E-state index contributed by atoms with van der Waals surface area (Å²) in [4.78, 5) is 1.59. The van der Waals surface area contributed by atoms with E-state index in [1.165, 1.54) is 0 Å². The van der Waals surface area contributed by atoms with E-state index in [9.17, 15) is 13.2 Å². The van der Waals surface area contributed by atoms with Crippen molar-refractivity contribution in [2.24, 2.45) is 5.41 Å². The first kappa shape index (κ1) is 15.8. The summed E-state index contributed by atoms with van der Waals surface area (Å²) in [6.07, 6.45) is -0.273. The molecule has 0 saturated carbocycles. The van der Waals surface area contributed by atoms with E-state index in [2.05, 4.69) is 12.2 Å². The lowest BCUT2D eigenvalue weighted by molar-refractivity contribution is -0.149. The summed E-state index contributed by atoms with van der Waals surface area (Å²) in [7, 11) is 0. The number of rotatable bonds is 7. The van der Waals surface area contributed by atoms with E-state index >= 15 is 0 Å². The minimum Gasteiger partial charge on any atom is -0.316 e. The van der Waals surface area contributed by atoms with E-state index in [4.69, 9.17) is 0 Å². The van der Waals surface area contributed by atoms with Crippen molar-refractivity contribution in [1.82, 2.24) is 10.2 Å². The molecule has 5 heteroatoms. The number of alkyl halides is 3. The topological polar surface area (TPSA) is 15.3 Å². The van der Waals surface area contributed by atoms with Crippen molar-refractivity contribution in [3.8, 4) is 0 Å². The molecule has 0 aromatic rings. The van der Waals surface area contributed by atoms with Crippen LogP contribution in [0.1, 0.15) is 39.5 Å². The zero-order valence-corrected chi connectivity index (χ0v) is 11.4. The summed E-state index contributed by atoms with van der Waals surface area (Å²) in [5.74, 6) is 0. The number of hydrogen-bond acceptors (Lipinski definition) is 2. The van der Waals surface area contributed by atoms with Crippen LogP contribution >= 0.6 is 0 Å². The second kappa shape index (κ2) is 6.75. The SMILES string of the molecule is CCCN(CC(F)(F)F)CC1(CCC)CCNC1. The Bertz CT molecular complexity index is 235. The van der Waals surface area contributed by atoms with Gasteiger partial charge in [-0.15, -0.1) is 0 Å². The van der Waals surface area contributed by atoms with Crippen molar-refractivity contribution in [2.45, 2.75) is 45.7 Å². The second-order valence-electron chi connectivity index (χ2n) is 5.50. The molecule has 1 rings (SSSR count). The average molecular weight is 266 g/mol. The normalized spacial score (nSPS) is 25.0. The summed E-state index contributed by atoms with van der Waals surface area (Å²) in [6, 6.07) is 0. The maximum Gasteiger partial charge on any atom is 0.401 e. The van der Waals surface area contributed by atoms with Crippen LogP contribution in [0.2, 0.25) is 0 Å². The molecule has 0 radical (unpaired) electrons. The lowest BCUT2D eigenvalue weighted by atomic mass is 9.82. The highest BCUT2D eigenvalue weighted by Gasteiger charge is 2.38. The third-order valence-corrected chi connectivity index (χ3v) is 3.61. The van der Waals surface area contributed by atoms with Crippen molar-refractivity contribution in [1.29, 1.82) is 0 Å². The van der Waals surface area contributed by atoms with E-state index in [0.717, 1.165) is 38.8 Å². The molecule has 1 saturated heterocycles. The quantitative estimate of drug-likeness (QED) is 0.762. The molecule has 1 aliphatic heterocycles. The molecular formula is C13H25F3N2. The molecule has 0 spiro atoms. The van der Waals surface area contributed by atoms with Gasteiger partial charge in [-0.1, -0.05) is 20.3 Å². The predicted molar refractivity (Wildman–Crippen MR) is 67.6 cm³/mol. The third-order valence-electron chi connectivity index (χ3n) is 3.61. The van der Waals surface area contributed by atoms with Crippen LogP contribution in [0.15, 0.2) is 0 Å². The molecule has 0 aromatic heterocycles. The van der Waals surface area contributed by atoms with Crippen molar-refractivity contribution in [3.63, 3.8) is 0 Å². The zero-order valence-electron chi connectivity index (χ0n) is 11.4. The van der Waals surface area contributed by atoms with Crippen molar-refractivity contribution < 1.29 is 13.2 Å². The van der Waals surface area contributed by atoms with Crippen molar-refractivity contribution >= 4 is 0 Å². The van der Waals surface area contributed by atoms with Crippen LogP contribution in [0.4, 0.5) is 13.2 Å². The standard InChI is InChI=1S/C13H25F3N2/c1-3-5-12(6-7-17-9-12)10-18(8-4-2)11-13(14,15)16/h17H,3-11H2,1-2H3. The van der Waals surface area contributed by atoms with Crippen molar-refractivity contribution in [2.75, 3.05) is 32.7 Å². The Kier molecular flexibility index (Phi) is 5.92. The van der Waals surface area contributed by atoms with Crippen LogP contribution in [-0.4, -0.2) is 43.8 Å². The lowest BCUT2D eigenvalue weighted by Crippen LogP contribution is -2.43. The van der Waals surface area contributed by atoms with Gasteiger partial charge in [0.15, 0.2) is 0 Å². The maximum absolute atomic E-state index is 12.6. The van der Waals surface area contributed by atoms with E-state index < -0.39 is 12.7 Å². The Morgan fingerprint density at radius 1 is 1.22 bits per heavy atom. The van der Waals surface area contributed by atoms with Crippen LogP contribution in [0.5, 0.6) is 0 Å². The number of nitrogens with one attached hydrogen (secondary N) is 1. The monoisotopic (exact) mass is 266 g/mol. The van der Waals surface area contributed by atoms with Crippen LogP contribution < -0.4 is 5.32 Å². The van der Waals surface area contributed by atoms with E-state index in [1.54, 1.807) is 4.90 Å². The third kappa shape index (κ3) is 5.14. The van der Waals surface area contributed by atoms with Crippen molar-refractivity contribution in [3.05, 3.63) is 0 Å². The highest BCUT2D eigenvalue weighted by molar-refractivity contribution is 4.90. The molecular weight excluding hydrogens is 241 g/mol. The van der Waals surface area contributed by atoms with Gasteiger partial charge in [-0.05, 0) is 37.8 Å². The Labute approximate surface area is 108 Å². The fraction of sp³-hybridized carbons (Fsp3) is 1.00. The molecule has 1 unspecified atom stereocenters. The van der Waals surface area contributed by atoms with Gasteiger partial charge in [0.25, 0.3) is 0 Å². The first-order valence-electron chi connectivity index (χ1n) is 6.90. The minimum atomic E-state index is -4.09. The van der Waals surface area contributed by atoms with E-state index in [-0.39, 0.29) is 5.41 Å². The molecule has 2 nitrogen and oxygen atoms in total. The van der Waals surface area contributed by atoms with Gasteiger partial charge in [0, 0.05) is 13.1 Å². The molecule has 18 heavy (non-hydrogen) atoms. The molecule has 1 atom stereocenters. The average Bonchev–Trinajstić information content (AvgIpc) is 2.64. The largest absolute Gasteiger partial charge is 0.401 e. The predicted octanol–water partition coefficient (Wildman–Crippen LogP) is 3.04. The molecule has 0 bridgehead atoms. The second-order valence-corrected chi connectivity index (χ2v) is 5.50. The van der Waals surface area contributed by atoms with Crippen LogP contribution in [0, 0.1) is 5.41 Å². The number of nitrogens with zero attached hydrogens (tertiary/aromatic N) is 1. The zero-order chi connectivity index (χ0) is 13.6. The molecule has 0 aromatic carbocycles. The Balaban J connectivity index is 2.62. The minimum absolute atomic E-state index is 0.0508. The van der Waals surface area contributed by atoms with Gasteiger partial charge in [-0.25, -0.2) is 0 Å². The fourth-order valence-corrected chi connectivity index (χ4v) is 3.01. The number of hydrogen-bond donors (Lipinski definition) is 1. The van der Waals surface area contributed by atoms with Crippen LogP contribution in [-0.2, 0) is 0 Å². The van der Waals surface area contributed by atoms with Gasteiger partial charge in [-0.2, -0.15) is 13.2 Å². The van der Waals surface area contributed by atoms with Crippen LogP contribution in [0.25, 0.3) is 0 Å². The molecule has 0 amide bonds. The summed E-state index contributed by atoms with van der Waals surface area (Å²) in [5.41, 5.74) is 0.0508. The van der Waals surface area contributed by atoms with Gasteiger partial charge >= 0.3 is 6.18 Å². The van der Waals surface area contributed by atoms with E-state index in [0.29, 0.717) is 13.1 Å². The fourth-order valence-electron chi connectivity index (χ4n) is 3.01. The molecule has 1 N–H and O–H groups in total. The summed E-state index contributed by atoms with van der Waals surface area (Å²) in [6.45, 7) is 6.17. The molecule has 0 aliphatic carbocycles. The van der Waals surface area contributed by atoms with Gasteiger partial charge in [-0.3, -0.25) is 4.90 Å². The Hall–Kier alpha value is -0.290. The first-order chi connectivity index (χ1) is 8.41. The highest BCUT2D eigenvalue weighted by atomic mass is 19.4. The summed E-state index contributed by atoms with van der Waals surface area (Å²) < 4.78 is 37.7. The summed E-state index contributed by atoms with van der Waals surface area (Å²) >= 11 is 0. The Morgan fingerprint density at radius 2 is 1.94 bits per heavy atom. The van der Waals surface area contributed by atoms with Gasteiger partial charge < -0.3 is 5.32 Å². The highest BCUT2D eigenvalue weighted by Crippen LogP contribution is 2.33. The molecule has 1 fully saturated rings. The molecule has 108 valence electrons. The molecule has 1 heterocycles. The van der Waals surface area contributed by atoms with E-state index in [1.807, 2.05) is 6.92 Å². The van der Waals surface area contributed by atoms with Gasteiger partial charge in [0.2, 0.25) is 0 Å². The lowest BCUT2D eigenvalue weighted by Gasteiger charge is -2.35. The maximum atomic E-state index is 12.6.